The molecule has 1 saturated carbocycles. The Morgan fingerprint density at radius 3 is 2.70 bits per heavy atom. The van der Waals surface area contributed by atoms with Crippen LogP contribution in [0.25, 0.3) is 5.78 Å². The van der Waals surface area contributed by atoms with Gasteiger partial charge in [0, 0.05) is 23.9 Å². The number of aromatic nitrogens is 4. The molecule has 1 aromatic carbocycles. The van der Waals surface area contributed by atoms with Crippen molar-refractivity contribution >= 4 is 35.0 Å². The molecule has 8 nitrogen and oxygen atoms in total. The average molecular weight is 425 g/mol. The Labute approximate surface area is 178 Å². The third-order valence-electron chi connectivity index (χ3n) is 5.17. The van der Waals surface area contributed by atoms with Gasteiger partial charge in [-0.15, -0.1) is 5.10 Å². The second kappa shape index (κ2) is 8.43. The summed E-state index contributed by atoms with van der Waals surface area (Å²) in [6.45, 7) is 3.89. The van der Waals surface area contributed by atoms with Crippen LogP contribution in [0, 0.1) is 13.8 Å². The number of benzene rings is 1. The van der Waals surface area contributed by atoms with E-state index < -0.39 is 0 Å². The molecule has 1 aliphatic rings. The summed E-state index contributed by atoms with van der Waals surface area (Å²) in [5.41, 5.74) is 3.78. The minimum atomic E-state index is -0.149. The van der Waals surface area contributed by atoms with E-state index in [9.17, 15) is 9.59 Å². The van der Waals surface area contributed by atoms with Gasteiger partial charge in [0.25, 0.3) is 11.7 Å². The molecule has 0 bridgehead atoms. The number of nitrogens with one attached hydrogen (secondary N) is 2. The van der Waals surface area contributed by atoms with Gasteiger partial charge in [0.2, 0.25) is 11.1 Å². The van der Waals surface area contributed by atoms with E-state index in [2.05, 4.69) is 25.7 Å². The number of hydrogen-bond acceptors (Lipinski definition) is 6. The van der Waals surface area contributed by atoms with Crippen molar-refractivity contribution in [3.63, 3.8) is 0 Å². The van der Waals surface area contributed by atoms with Crippen LogP contribution in [-0.2, 0) is 11.2 Å². The van der Waals surface area contributed by atoms with Crippen LogP contribution in [0.3, 0.4) is 0 Å². The summed E-state index contributed by atoms with van der Waals surface area (Å²) in [5, 5.41) is 11.0. The number of carbonyl (C=O) groups is 2. The van der Waals surface area contributed by atoms with Gasteiger partial charge in [0.1, 0.15) is 0 Å². The zero-order valence-corrected chi connectivity index (χ0v) is 18.0. The molecular formula is C21H24N6O2S. The van der Waals surface area contributed by atoms with Crippen LogP contribution in [0.2, 0.25) is 0 Å². The van der Waals surface area contributed by atoms with Crippen molar-refractivity contribution in [2.75, 3.05) is 11.6 Å². The van der Waals surface area contributed by atoms with Crippen molar-refractivity contribution in [1.82, 2.24) is 24.9 Å². The quantitative estimate of drug-likeness (QED) is 0.566. The minimum Gasteiger partial charge on any atom is -0.349 e. The molecular weight excluding hydrogens is 400 g/mol. The van der Waals surface area contributed by atoms with Crippen molar-refractivity contribution in [2.24, 2.45) is 0 Å². The van der Waals surface area contributed by atoms with Crippen LogP contribution in [-0.4, -0.2) is 43.7 Å². The standard InChI is InChI=1S/C21H24N6O2S/c1-12-15(13(2)27-20(22-12)25-21(26-27)30-3)10-11-18(28)24-17-7-5-4-6-16(17)19(29)23-14-8-9-14/h4-7,14H,8-11H2,1-3H3,(H,23,29)(H,24,28). The van der Waals surface area contributed by atoms with Crippen LogP contribution < -0.4 is 10.6 Å². The largest absolute Gasteiger partial charge is 0.349 e. The number of thioether (sulfide) groups is 1. The molecule has 1 fully saturated rings. The van der Waals surface area contributed by atoms with Crippen LogP contribution >= 0.6 is 11.8 Å². The fourth-order valence-corrected chi connectivity index (χ4v) is 3.71. The van der Waals surface area contributed by atoms with Crippen LogP contribution in [0.5, 0.6) is 0 Å². The number of para-hydroxylation sites is 1. The Kier molecular flexibility index (Phi) is 5.72. The van der Waals surface area contributed by atoms with Crippen molar-refractivity contribution in [1.29, 1.82) is 0 Å². The number of rotatable bonds is 7. The molecule has 0 aliphatic heterocycles. The topological polar surface area (TPSA) is 101 Å². The van der Waals surface area contributed by atoms with Gasteiger partial charge in [-0.2, -0.15) is 4.98 Å². The lowest BCUT2D eigenvalue weighted by molar-refractivity contribution is -0.116. The Morgan fingerprint density at radius 2 is 1.97 bits per heavy atom. The first-order valence-corrected chi connectivity index (χ1v) is 11.2. The Bertz CT molecular complexity index is 1120. The number of hydrogen-bond donors (Lipinski definition) is 2. The molecule has 9 heteroatoms. The second-order valence-electron chi connectivity index (χ2n) is 7.41. The van der Waals surface area contributed by atoms with E-state index in [0.717, 1.165) is 29.8 Å². The highest BCUT2D eigenvalue weighted by molar-refractivity contribution is 7.98. The highest BCUT2D eigenvalue weighted by Gasteiger charge is 2.25. The van der Waals surface area contributed by atoms with E-state index >= 15 is 0 Å². The summed E-state index contributed by atoms with van der Waals surface area (Å²) < 4.78 is 1.73. The van der Waals surface area contributed by atoms with Gasteiger partial charge in [-0.05, 0) is 57.1 Å². The van der Waals surface area contributed by atoms with Crippen molar-refractivity contribution in [2.45, 2.75) is 50.7 Å². The highest BCUT2D eigenvalue weighted by atomic mass is 32.2. The maximum absolute atomic E-state index is 12.6. The first kappa shape index (κ1) is 20.3. The molecule has 2 aromatic heterocycles. The first-order valence-electron chi connectivity index (χ1n) is 9.93. The van der Waals surface area contributed by atoms with Gasteiger partial charge >= 0.3 is 0 Å². The molecule has 0 radical (unpaired) electrons. The number of anilines is 1. The lowest BCUT2D eigenvalue weighted by atomic mass is 10.1. The highest BCUT2D eigenvalue weighted by Crippen LogP contribution is 2.22. The van der Waals surface area contributed by atoms with E-state index in [0.29, 0.717) is 28.6 Å². The fourth-order valence-electron chi connectivity index (χ4n) is 3.37. The maximum atomic E-state index is 12.6. The smallest absolute Gasteiger partial charge is 0.253 e. The fraction of sp³-hybridized carbons (Fsp3) is 0.381. The van der Waals surface area contributed by atoms with Gasteiger partial charge < -0.3 is 10.6 Å². The van der Waals surface area contributed by atoms with E-state index in [1.807, 2.05) is 26.2 Å². The van der Waals surface area contributed by atoms with E-state index in [1.54, 1.807) is 22.7 Å². The summed E-state index contributed by atoms with van der Waals surface area (Å²) in [6.07, 6.45) is 4.75. The normalized spacial score (nSPS) is 13.4. The molecule has 0 spiro atoms. The lowest BCUT2D eigenvalue weighted by Crippen LogP contribution is -2.27. The molecule has 4 rings (SSSR count). The monoisotopic (exact) mass is 424 g/mol. The van der Waals surface area contributed by atoms with Gasteiger partial charge in [-0.25, -0.2) is 9.50 Å². The molecule has 156 valence electrons. The van der Waals surface area contributed by atoms with Gasteiger partial charge in [-0.1, -0.05) is 23.9 Å². The van der Waals surface area contributed by atoms with E-state index in [1.165, 1.54) is 11.8 Å². The molecule has 2 N–H and O–H groups in total. The minimum absolute atomic E-state index is 0.148. The third kappa shape index (κ3) is 4.30. The van der Waals surface area contributed by atoms with Crippen molar-refractivity contribution in [3.8, 4) is 0 Å². The lowest BCUT2D eigenvalue weighted by Gasteiger charge is -2.12. The van der Waals surface area contributed by atoms with Crippen LogP contribution in [0.15, 0.2) is 29.4 Å². The third-order valence-corrected chi connectivity index (χ3v) is 5.71. The molecule has 2 heterocycles. The summed E-state index contributed by atoms with van der Waals surface area (Å²) >= 11 is 1.47. The van der Waals surface area contributed by atoms with Crippen molar-refractivity contribution in [3.05, 3.63) is 46.8 Å². The SMILES string of the molecule is CSc1nc2nc(C)c(CCC(=O)Nc3ccccc3C(=O)NC3CC3)c(C)n2n1. The maximum Gasteiger partial charge on any atom is 0.253 e. The molecule has 0 saturated heterocycles. The zero-order chi connectivity index (χ0) is 21.3. The van der Waals surface area contributed by atoms with Crippen LogP contribution in [0.1, 0.15) is 46.6 Å². The number of fused-ring (bicyclic) bond motifs is 1. The molecule has 3 aromatic rings. The van der Waals surface area contributed by atoms with Gasteiger partial charge in [0.15, 0.2) is 0 Å². The number of carbonyl (C=O) groups excluding carboxylic acids is 2. The Balaban J connectivity index is 1.46. The first-order chi connectivity index (χ1) is 14.5. The van der Waals surface area contributed by atoms with E-state index in [4.69, 9.17) is 0 Å². The summed E-state index contributed by atoms with van der Waals surface area (Å²) in [6, 6.07) is 7.35. The summed E-state index contributed by atoms with van der Waals surface area (Å²) in [7, 11) is 0. The second-order valence-corrected chi connectivity index (χ2v) is 8.19. The van der Waals surface area contributed by atoms with Crippen molar-refractivity contribution < 1.29 is 9.59 Å². The predicted molar refractivity (Wildman–Crippen MR) is 116 cm³/mol. The van der Waals surface area contributed by atoms with Gasteiger partial charge in [-0.3, -0.25) is 9.59 Å². The van der Waals surface area contributed by atoms with E-state index in [-0.39, 0.29) is 24.3 Å². The number of aryl methyl sites for hydroxylation is 2. The Morgan fingerprint density at radius 1 is 1.20 bits per heavy atom. The molecule has 0 atom stereocenters. The molecule has 0 unspecified atom stereocenters. The van der Waals surface area contributed by atoms with Gasteiger partial charge in [0.05, 0.1) is 11.3 Å². The summed E-state index contributed by atoms with van der Waals surface area (Å²) in [5.74, 6) is 0.271. The average Bonchev–Trinajstić information content (AvgIpc) is 3.44. The predicted octanol–water partition coefficient (Wildman–Crippen LogP) is 2.93. The molecule has 2 amide bonds. The number of nitrogens with zero attached hydrogens (tertiary/aromatic N) is 4. The molecule has 1 aliphatic carbocycles. The number of amides is 2. The van der Waals surface area contributed by atoms with Crippen LogP contribution in [0.4, 0.5) is 5.69 Å². The summed E-state index contributed by atoms with van der Waals surface area (Å²) in [4.78, 5) is 34.0. The zero-order valence-electron chi connectivity index (χ0n) is 17.2. The Hall–Kier alpha value is -2.94. The molecule has 30 heavy (non-hydrogen) atoms.